The van der Waals surface area contributed by atoms with Crippen molar-refractivity contribution in [2.24, 2.45) is 0 Å². The van der Waals surface area contributed by atoms with Crippen LogP contribution in [0.2, 0.25) is 0 Å². The van der Waals surface area contributed by atoms with Crippen molar-refractivity contribution in [3.05, 3.63) is 71.5 Å². The molecule has 30 heavy (non-hydrogen) atoms. The van der Waals surface area contributed by atoms with Gasteiger partial charge < -0.3 is 9.47 Å². The summed E-state index contributed by atoms with van der Waals surface area (Å²) in [4.78, 5) is 0.186. The van der Waals surface area contributed by atoms with Crippen LogP contribution in [0.15, 0.2) is 59.5 Å². The Morgan fingerprint density at radius 3 is 2.37 bits per heavy atom. The van der Waals surface area contributed by atoms with Crippen LogP contribution in [0, 0.1) is 13.8 Å². The van der Waals surface area contributed by atoms with Crippen molar-refractivity contribution in [1.82, 2.24) is 14.5 Å². The molecule has 160 valence electrons. The van der Waals surface area contributed by atoms with Crippen molar-refractivity contribution in [3.63, 3.8) is 0 Å². The predicted molar refractivity (Wildman–Crippen MR) is 115 cm³/mol. The van der Waals surface area contributed by atoms with E-state index in [0.29, 0.717) is 25.6 Å². The third-order valence-electron chi connectivity index (χ3n) is 4.72. The molecule has 0 spiro atoms. The lowest BCUT2D eigenvalue weighted by Gasteiger charge is -2.10. The van der Waals surface area contributed by atoms with Crippen LogP contribution in [0.25, 0.3) is 5.69 Å². The summed E-state index contributed by atoms with van der Waals surface area (Å²) in [6, 6.07) is 16.1. The zero-order valence-corrected chi connectivity index (χ0v) is 18.3. The van der Waals surface area contributed by atoms with Gasteiger partial charge in [0.1, 0.15) is 12.4 Å². The first-order chi connectivity index (χ1) is 14.4. The quantitative estimate of drug-likeness (QED) is 0.500. The number of aromatic nitrogens is 2. The number of hydrogen-bond acceptors (Lipinski definition) is 5. The van der Waals surface area contributed by atoms with Gasteiger partial charge in [-0.05, 0) is 57.2 Å². The summed E-state index contributed by atoms with van der Waals surface area (Å²) in [5, 5.41) is 4.56. The molecule has 2 aromatic carbocycles. The highest BCUT2D eigenvalue weighted by Crippen LogP contribution is 2.20. The summed E-state index contributed by atoms with van der Waals surface area (Å²) >= 11 is 0. The molecule has 0 radical (unpaired) electrons. The Balaban J connectivity index is 1.67. The maximum absolute atomic E-state index is 12.7. The standard InChI is InChI=1S/C22H27N3O4S/c1-4-28-14-15-29-20-10-12-21(13-11-20)30(26,27)23-16-22-17(2)24-25(18(22)3)19-8-6-5-7-9-19/h5-13,23H,4,14-16H2,1-3H3. The topological polar surface area (TPSA) is 82.4 Å². The first-order valence-corrected chi connectivity index (χ1v) is 11.3. The van der Waals surface area contributed by atoms with Crippen LogP contribution in [-0.2, 0) is 21.3 Å². The zero-order chi connectivity index (χ0) is 21.6. The average molecular weight is 430 g/mol. The molecule has 0 unspecified atom stereocenters. The minimum atomic E-state index is -3.66. The molecule has 1 heterocycles. The van der Waals surface area contributed by atoms with E-state index in [1.54, 1.807) is 12.1 Å². The highest BCUT2D eigenvalue weighted by atomic mass is 32.2. The summed E-state index contributed by atoms with van der Waals surface area (Å²) in [6.45, 7) is 7.45. The Bertz CT molecular complexity index is 1060. The molecular weight excluding hydrogens is 402 g/mol. The van der Waals surface area contributed by atoms with E-state index >= 15 is 0 Å². The number of rotatable bonds is 10. The number of hydrogen-bond donors (Lipinski definition) is 1. The van der Waals surface area contributed by atoms with E-state index in [4.69, 9.17) is 9.47 Å². The Morgan fingerprint density at radius 1 is 1.00 bits per heavy atom. The number of aryl methyl sites for hydroxylation is 1. The molecule has 7 nitrogen and oxygen atoms in total. The molecule has 1 N–H and O–H groups in total. The van der Waals surface area contributed by atoms with Crippen LogP contribution in [0.3, 0.4) is 0 Å². The van der Waals surface area contributed by atoms with Crippen molar-refractivity contribution in [2.75, 3.05) is 19.8 Å². The first-order valence-electron chi connectivity index (χ1n) is 9.83. The van der Waals surface area contributed by atoms with E-state index in [-0.39, 0.29) is 11.4 Å². The van der Waals surface area contributed by atoms with Gasteiger partial charge in [0.2, 0.25) is 10.0 Å². The van der Waals surface area contributed by atoms with Gasteiger partial charge in [0, 0.05) is 24.4 Å². The predicted octanol–water partition coefficient (Wildman–Crippen LogP) is 3.38. The molecule has 0 amide bonds. The minimum absolute atomic E-state index is 0.166. The molecule has 0 aliphatic rings. The van der Waals surface area contributed by atoms with Gasteiger partial charge in [-0.3, -0.25) is 0 Å². The second-order valence-corrected chi connectivity index (χ2v) is 8.51. The summed E-state index contributed by atoms with van der Waals surface area (Å²) in [5.41, 5.74) is 3.49. The van der Waals surface area contributed by atoms with E-state index in [1.807, 2.05) is 55.8 Å². The second kappa shape index (κ2) is 9.88. The normalized spacial score (nSPS) is 11.6. The van der Waals surface area contributed by atoms with Crippen molar-refractivity contribution in [2.45, 2.75) is 32.2 Å². The van der Waals surface area contributed by atoms with Crippen LogP contribution >= 0.6 is 0 Å². The van der Waals surface area contributed by atoms with Gasteiger partial charge in [-0.25, -0.2) is 17.8 Å². The third-order valence-corrected chi connectivity index (χ3v) is 6.13. The van der Waals surface area contributed by atoms with E-state index < -0.39 is 10.0 Å². The molecule has 3 aromatic rings. The molecule has 0 aliphatic carbocycles. The Kier molecular flexibility index (Phi) is 7.25. The van der Waals surface area contributed by atoms with Gasteiger partial charge in [-0.2, -0.15) is 5.10 Å². The SMILES string of the molecule is CCOCCOc1ccc(S(=O)(=O)NCc2c(C)nn(-c3ccccc3)c2C)cc1. The fourth-order valence-electron chi connectivity index (χ4n) is 3.08. The molecule has 1 aromatic heterocycles. The number of ether oxygens (including phenoxy) is 2. The van der Waals surface area contributed by atoms with Crippen LogP contribution in [0.5, 0.6) is 5.75 Å². The zero-order valence-electron chi connectivity index (χ0n) is 17.5. The molecule has 0 bridgehead atoms. The highest BCUT2D eigenvalue weighted by Gasteiger charge is 2.18. The highest BCUT2D eigenvalue weighted by molar-refractivity contribution is 7.89. The lowest BCUT2D eigenvalue weighted by Crippen LogP contribution is -2.23. The molecule has 0 fully saturated rings. The van der Waals surface area contributed by atoms with Crippen LogP contribution in [0.1, 0.15) is 23.9 Å². The Morgan fingerprint density at radius 2 is 1.70 bits per heavy atom. The first kappa shape index (κ1) is 22.0. The van der Waals surface area contributed by atoms with Crippen molar-refractivity contribution in [3.8, 4) is 11.4 Å². The fraction of sp³-hybridized carbons (Fsp3) is 0.318. The molecule has 8 heteroatoms. The van der Waals surface area contributed by atoms with Crippen LogP contribution in [-0.4, -0.2) is 38.0 Å². The lowest BCUT2D eigenvalue weighted by molar-refractivity contribution is 0.110. The van der Waals surface area contributed by atoms with Crippen molar-refractivity contribution in [1.29, 1.82) is 0 Å². The largest absolute Gasteiger partial charge is 0.491 e. The summed E-state index contributed by atoms with van der Waals surface area (Å²) in [5.74, 6) is 0.601. The smallest absolute Gasteiger partial charge is 0.240 e. The van der Waals surface area contributed by atoms with E-state index in [0.717, 1.165) is 22.6 Å². The van der Waals surface area contributed by atoms with Gasteiger partial charge in [0.05, 0.1) is 22.9 Å². The summed E-state index contributed by atoms with van der Waals surface area (Å²) in [7, 11) is -3.66. The van der Waals surface area contributed by atoms with Crippen molar-refractivity contribution >= 4 is 10.0 Å². The van der Waals surface area contributed by atoms with Crippen LogP contribution in [0.4, 0.5) is 0 Å². The van der Waals surface area contributed by atoms with Gasteiger partial charge in [0.15, 0.2) is 0 Å². The maximum atomic E-state index is 12.7. The van der Waals surface area contributed by atoms with Gasteiger partial charge in [0.25, 0.3) is 0 Å². The fourth-order valence-corrected chi connectivity index (χ4v) is 4.08. The number of nitrogens with one attached hydrogen (secondary N) is 1. The Labute approximate surface area is 177 Å². The van der Waals surface area contributed by atoms with Gasteiger partial charge in [-0.1, -0.05) is 18.2 Å². The molecule has 3 rings (SSSR count). The monoisotopic (exact) mass is 429 g/mol. The summed E-state index contributed by atoms with van der Waals surface area (Å²) < 4.78 is 40.7. The molecule has 0 atom stereocenters. The third kappa shape index (κ3) is 5.27. The van der Waals surface area contributed by atoms with E-state index in [1.165, 1.54) is 12.1 Å². The lowest BCUT2D eigenvalue weighted by atomic mass is 10.2. The van der Waals surface area contributed by atoms with Gasteiger partial charge in [-0.15, -0.1) is 0 Å². The van der Waals surface area contributed by atoms with E-state index in [2.05, 4.69) is 9.82 Å². The molecular formula is C22H27N3O4S. The number of benzene rings is 2. The maximum Gasteiger partial charge on any atom is 0.240 e. The summed E-state index contributed by atoms with van der Waals surface area (Å²) in [6.07, 6.45) is 0. The number of para-hydroxylation sites is 1. The molecule has 0 aliphatic heterocycles. The van der Waals surface area contributed by atoms with Crippen LogP contribution < -0.4 is 9.46 Å². The number of nitrogens with zero attached hydrogens (tertiary/aromatic N) is 2. The number of sulfonamides is 1. The Hall–Kier alpha value is -2.68. The second-order valence-electron chi connectivity index (χ2n) is 6.74. The van der Waals surface area contributed by atoms with Crippen molar-refractivity contribution < 1.29 is 17.9 Å². The molecule has 0 saturated heterocycles. The minimum Gasteiger partial charge on any atom is -0.491 e. The van der Waals surface area contributed by atoms with E-state index in [9.17, 15) is 8.42 Å². The average Bonchev–Trinajstić information content (AvgIpc) is 3.04. The van der Waals surface area contributed by atoms with Gasteiger partial charge >= 0.3 is 0 Å². The molecule has 0 saturated carbocycles.